The van der Waals surface area contributed by atoms with Crippen molar-refractivity contribution in [3.63, 3.8) is 0 Å². The molecule has 0 saturated heterocycles. The number of hydrogen-bond donors (Lipinski definition) is 0. The molecule has 0 spiro atoms. The quantitative estimate of drug-likeness (QED) is 0.665. The first kappa shape index (κ1) is 12.9. The van der Waals surface area contributed by atoms with Crippen LogP contribution < -0.4 is 0 Å². The molecule has 3 unspecified atom stereocenters. The number of fused-ring (bicyclic) bond motifs is 2. The zero-order valence-electron chi connectivity index (χ0n) is 10.2. The summed E-state index contributed by atoms with van der Waals surface area (Å²) in [6.07, 6.45) is 6.13. The SMILES string of the molecule is O=C(CC1CC2CCC1C2)c1cc(Br)ccc1Br. The maximum atomic E-state index is 12.4. The number of carbonyl (C=O) groups is 1. The van der Waals surface area contributed by atoms with Gasteiger partial charge in [0, 0.05) is 20.9 Å². The molecule has 2 aliphatic carbocycles. The van der Waals surface area contributed by atoms with E-state index in [9.17, 15) is 4.79 Å². The second-order valence-electron chi connectivity index (χ2n) is 5.69. The second kappa shape index (κ2) is 5.09. The van der Waals surface area contributed by atoms with E-state index in [2.05, 4.69) is 31.9 Å². The molecule has 3 rings (SSSR count). The normalized spacial score (nSPS) is 29.8. The highest BCUT2D eigenvalue weighted by atomic mass is 79.9. The second-order valence-corrected chi connectivity index (χ2v) is 7.46. The summed E-state index contributed by atoms with van der Waals surface area (Å²) in [6.45, 7) is 0. The van der Waals surface area contributed by atoms with Gasteiger partial charge in [-0.1, -0.05) is 38.3 Å². The van der Waals surface area contributed by atoms with Crippen LogP contribution in [0.25, 0.3) is 0 Å². The van der Waals surface area contributed by atoms with E-state index in [0.29, 0.717) is 11.7 Å². The molecule has 0 aromatic heterocycles. The molecule has 0 heterocycles. The monoisotopic (exact) mass is 370 g/mol. The molecule has 2 saturated carbocycles. The van der Waals surface area contributed by atoms with Crippen LogP contribution in [0, 0.1) is 17.8 Å². The predicted molar refractivity (Wildman–Crippen MR) is 79.7 cm³/mol. The summed E-state index contributed by atoms with van der Waals surface area (Å²) in [7, 11) is 0. The molecule has 0 amide bonds. The van der Waals surface area contributed by atoms with E-state index in [1.165, 1.54) is 25.7 Å². The van der Waals surface area contributed by atoms with Crippen molar-refractivity contribution >= 4 is 37.6 Å². The van der Waals surface area contributed by atoms with Gasteiger partial charge in [0.25, 0.3) is 0 Å². The van der Waals surface area contributed by atoms with Gasteiger partial charge in [0.15, 0.2) is 5.78 Å². The van der Waals surface area contributed by atoms with Crippen molar-refractivity contribution in [2.45, 2.75) is 32.1 Å². The molecule has 1 nitrogen and oxygen atoms in total. The Bertz CT molecular complexity index is 483. The third-order valence-electron chi connectivity index (χ3n) is 4.56. The molecule has 0 N–H and O–H groups in total. The van der Waals surface area contributed by atoms with Gasteiger partial charge < -0.3 is 0 Å². The number of benzene rings is 1. The number of halogens is 2. The van der Waals surface area contributed by atoms with Crippen LogP contribution in [0.3, 0.4) is 0 Å². The summed E-state index contributed by atoms with van der Waals surface area (Å²) in [5.41, 5.74) is 0.826. The van der Waals surface area contributed by atoms with Crippen molar-refractivity contribution in [2.24, 2.45) is 17.8 Å². The number of ketones is 1. The van der Waals surface area contributed by atoms with E-state index in [0.717, 1.165) is 32.8 Å². The Balaban J connectivity index is 1.73. The van der Waals surface area contributed by atoms with Gasteiger partial charge in [-0.15, -0.1) is 0 Å². The van der Waals surface area contributed by atoms with E-state index in [1.54, 1.807) is 0 Å². The summed E-state index contributed by atoms with van der Waals surface area (Å²) < 4.78 is 1.89. The molecular weight excluding hydrogens is 356 g/mol. The van der Waals surface area contributed by atoms with Crippen LogP contribution in [0.2, 0.25) is 0 Å². The highest BCUT2D eigenvalue weighted by Gasteiger charge is 2.40. The Hall–Kier alpha value is -0.150. The number of rotatable bonds is 3. The Morgan fingerprint density at radius 3 is 2.72 bits per heavy atom. The van der Waals surface area contributed by atoms with E-state index < -0.39 is 0 Å². The summed E-state index contributed by atoms with van der Waals surface area (Å²) in [6, 6.07) is 5.83. The maximum absolute atomic E-state index is 12.4. The molecule has 0 aliphatic heterocycles. The van der Waals surface area contributed by atoms with Crippen LogP contribution in [-0.4, -0.2) is 5.78 Å². The third kappa shape index (κ3) is 2.44. The van der Waals surface area contributed by atoms with Gasteiger partial charge in [-0.3, -0.25) is 4.79 Å². The minimum atomic E-state index is 0.292. The zero-order valence-corrected chi connectivity index (χ0v) is 13.3. The fourth-order valence-corrected chi connectivity index (χ4v) is 4.51. The molecule has 18 heavy (non-hydrogen) atoms. The Morgan fingerprint density at radius 2 is 2.06 bits per heavy atom. The molecule has 2 bridgehead atoms. The minimum Gasteiger partial charge on any atom is -0.294 e. The summed E-state index contributed by atoms with van der Waals surface area (Å²) in [4.78, 5) is 12.4. The largest absolute Gasteiger partial charge is 0.294 e. The molecule has 1 aromatic rings. The van der Waals surface area contributed by atoms with E-state index >= 15 is 0 Å². The Labute approximate surface area is 125 Å². The Morgan fingerprint density at radius 1 is 1.22 bits per heavy atom. The van der Waals surface area contributed by atoms with Crippen molar-refractivity contribution in [1.82, 2.24) is 0 Å². The van der Waals surface area contributed by atoms with Crippen molar-refractivity contribution in [3.05, 3.63) is 32.7 Å². The minimum absolute atomic E-state index is 0.292. The molecule has 3 atom stereocenters. The van der Waals surface area contributed by atoms with Crippen LogP contribution in [0.1, 0.15) is 42.5 Å². The van der Waals surface area contributed by atoms with Crippen molar-refractivity contribution in [2.75, 3.05) is 0 Å². The van der Waals surface area contributed by atoms with E-state index in [-0.39, 0.29) is 0 Å². The number of Topliss-reactive ketones (excluding diaryl/α,β-unsaturated/α-hetero) is 1. The summed E-state index contributed by atoms with van der Waals surface area (Å²) in [5, 5.41) is 0. The highest BCUT2D eigenvalue weighted by molar-refractivity contribution is 9.11. The summed E-state index contributed by atoms with van der Waals surface area (Å²) in [5.74, 6) is 2.67. The molecule has 1 aromatic carbocycles. The zero-order chi connectivity index (χ0) is 12.7. The van der Waals surface area contributed by atoms with Crippen molar-refractivity contribution < 1.29 is 4.79 Å². The fourth-order valence-electron chi connectivity index (χ4n) is 3.69. The van der Waals surface area contributed by atoms with E-state index in [4.69, 9.17) is 0 Å². The molecule has 96 valence electrons. The molecule has 3 heteroatoms. The molecular formula is C15H16Br2O. The van der Waals surface area contributed by atoms with Crippen molar-refractivity contribution in [1.29, 1.82) is 0 Å². The highest BCUT2D eigenvalue weighted by Crippen LogP contribution is 2.49. The fraction of sp³-hybridized carbons (Fsp3) is 0.533. The summed E-state index contributed by atoms with van der Waals surface area (Å²) >= 11 is 6.92. The molecule has 0 radical (unpaired) electrons. The van der Waals surface area contributed by atoms with Gasteiger partial charge in [-0.25, -0.2) is 0 Å². The first-order valence-electron chi connectivity index (χ1n) is 6.61. The van der Waals surface area contributed by atoms with Gasteiger partial charge in [0.2, 0.25) is 0 Å². The van der Waals surface area contributed by atoms with Gasteiger partial charge >= 0.3 is 0 Å². The van der Waals surface area contributed by atoms with Gasteiger partial charge in [0.1, 0.15) is 0 Å². The van der Waals surface area contributed by atoms with Crippen LogP contribution in [0.4, 0.5) is 0 Å². The molecule has 2 fully saturated rings. The standard InChI is InChI=1S/C15H16Br2O/c16-12-3-4-14(17)13(8-12)15(18)7-11-6-9-1-2-10(11)5-9/h3-4,8-11H,1-2,5-7H2. The van der Waals surface area contributed by atoms with Crippen LogP contribution >= 0.6 is 31.9 Å². The Kier molecular flexibility index (Phi) is 3.63. The van der Waals surface area contributed by atoms with E-state index in [1.807, 2.05) is 18.2 Å². The topological polar surface area (TPSA) is 17.1 Å². The lowest BCUT2D eigenvalue weighted by molar-refractivity contribution is 0.0943. The molecule has 2 aliphatic rings. The lowest BCUT2D eigenvalue weighted by Crippen LogP contribution is -2.15. The van der Waals surface area contributed by atoms with Crippen molar-refractivity contribution in [3.8, 4) is 0 Å². The first-order chi connectivity index (χ1) is 8.63. The van der Waals surface area contributed by atoms with Crippen LogP contribution in [-0.2, 0) is 0 Å². The van der Waals surface area contributed by atoms with Gasteiger partial charge in [-0.2, -0.15) is 0 Å². The smallest absolute Gasteiger partial charge is 0.164 e. The van der Waals surface area contributed by atoms with Gasteiger partial charge in [0.05, 0.1) is 0 Å². The first-order valence-corrected chi connectivity index (χ1v) is 8.20. The number of carbonyl (C=O) groups excluding carboxylic acids is 1. The van der Waals surface area contributed by atoms with Crippen LogP contribution in [0.15, 0.2) is 27.1 Å². The number of hydrogen-bond acceptors (Lipinski definition) is 1. The lowest BCUT2D eigenvalue weighted by atomic mass is 9.84. The van der Waals surface area contributed by atoms with Gasteiger partial charge in [-0.05, 0) is 55.2 Å². The van der Waals surface area contributed by atoms with Crippen LogP contribution in [0.5, 0.6) is 0 Å². The average Bonchev–Trinajstić information content (AvgIpc) is 2.94. The predicted octanol–water partition coefficient (Wildman–Crippen LogP) is 5.22. The maximum Gasteiger partial charge on any atom is 0.164 e. The lowest BCUT2D eigenvalue weighted by Gasteiger charge is -2.21. The average molecular weight is 372 g/mol. The third-order valence-corrected chi connectivity index (χ3v) is 5.75.